The van der Waals surface area contributed by atoms with Gasteiger partial charge in [0.15, 0.2) is 11.6 Å². The van der Waals surface area contributed by atoms with Gasteiger partial charge in [0.25, 0.3) is 5.91 Å². The van der Waals surface area contributed by atoms with Crippen LogP contribution in [0.1, 0.15) is 15.2 Å². The van der Waals surface area contributed by atoms with E-state index in [1.54, 1.807) is 11.3 Å². The summed E-state index contributed by atoms with van der Waals surface area (Å²) in [4.78, 5) is 26.8. The Hall–Kier alpha value is -2.28. The first kappa shape index (κ1) is 16.6. The highest BCUT2D eigenvalue weighted by Crippen LogP contribution is 2.20. The summed E-state index contributed by atoms with van der Waals surface area (Å²) in [6, 6.07) is 7.04. The van der Waals surface area contributed by atoms with E-state index in [1.807, 2.05) is 17.5 Å². The van der Waals surface area contributed by atoms with Crippen LogP contribution in [0.4, 0.5) is 8.78 Å². The van der Waals surface area contributed by atoms with Crippen LogP contribution in [-0.2, 0) is 11.2 Å². The molecule has 0 radical (unpaired) electrons. The summed E-state index contributed by atoms with van der Waals surface area (Å²) in [5, 5.41) is 4.85. The molecule has 1 saturated heterocycles. The fraction of sp³-hybridized carbons (Fsp3) is 0.294. The van der Waals surface area contributed by atoms with Gasteiger partial charge < -0.3 is 10.2 Å². The lowest BCUT2D eigenvalue weighted by atomic mass is 9.97. The Labute approximate surface area is 142 Å². The Kier molecular flexibility index (Phi) is 4.89. The van der Waals surface area contributed by atoms with Crippen LogP contribution in [0.2, 0.25) is 0 Å². The second-order valence-electron chi connectivity index (χ2n) is 5.66. The van der Waals surface area contributed by atoms with Gasteiger partial charge >= 0.3 is 0 Å². The van der Waals surface area contributed by atoms with Gasteiger partial charge in [-0.3, -0.25) is 9.59 Å². The van der Waals surface area contributed by atoms with E-state index in [9.17, 15) is 18.4 Å². The summed E-state index contributed by atoms with van der Waals surface area (Å²) < 4.78 is 26.1. The number of carbonyl (C=O) groups is 2. The highest BCUT2D eigenvalue weighted by molar-refractivity contribution is 7.09. The van der Waals surface area contributed by atoms with Crippen LogP contribution in [0.25, 0.3) is 0 Å². The number of hydrogen-bond acceptors (Lipinski definition) is 3. The molecule has 1 aromatic heterocycles. The van der Waals surface area contributed by atoms with Gasteiger partial charge in [-0.25, -0.2) is 8.78 Å². The molecular formula is C17H16F2N2O2S. The van der Waals surface area contributed by atoms with Gasteiger partial charge in [0.1, 0.15) is 0 Å². The molecule has 1 aliphatic rings. The molecule has 0 spiro atoms. The minimum Gasteiger partial charge on any atom is -0.355 e. The highest BCUT2D eigenvalue weighted by Gasteiger charge is 2.36. The van der Waals surface area contributed by atoms with Crippen molar-refractivity contribution in [3.05, 3.63) is 57.8 Å². The lowest BCUT2D eigenvalue weighted by Crippen LogP contribution is -2.55. The number of amides is 2. The molecule has 2 amide bonds. The third-order valence-corrected chi connectivity index (χ3v) is 4.89. The largest absolute Gasteiger partial charge is 0.355 e. The van der Waals surface area contributed by atoms with Crippen LogP contribution in [0, 0.1) is 17.6 Å². The van der Waals surface area contributed by atoms with Crippen LogP contribution in [-0.4, -0.2) is 36.3 Å². The lowest BCUT2D eigenvalue weighted by molar-refractivity contribution is -0.128. The molecule has 2 aromatic rings. The Bertz CT molecular complexity index is 743. The summed E-state index contributed by atoms with van der Waals surface area (Å²) in [5.41, 5.74) is 0.0884. The first-order valence-corrected chi connectivity index (χ1v) is 8.47. The molecule has 1 aromatic carbocycles. The molecule has 7 heteroatoms. The van der Waals surface area contributed by atoms with Crippen molar-refractivity contribution in [2.75, 3.05) is 19.6 Å². The van der Waals surface area contributed by atoms with Gasteiger partial charge in [-0.1, -0.05) is 6.07 Å². The van der Waals surface area contributed by atoms with Crippen molar-refractivity contribution < 1.29 is 18.4 Å². The van der Waals surface area contributed by atoms with E-state index in [1.165, 1.54) is 15.8 Å². The van der Waals surface area contributed by atoms with Crippen molar-refractivity contribution >= 4 is 23.2 Å². The van der Waals surface area contributed by atoms with E-state index < -0.39 is 17.5 Å². The minimum absolute atomic E-state index is 0.0825. The van der Waals surface area contributed by atoms with Crippen LogP contribution in [0.3, 0.4) is 0 Å². The Morgan fingerprint density at radius 3 is 2.67 bits per heavy atom. The van der Waals surface area contributed by atoms with E-state index in [4.69, 9.17) is 0 Å². The minimum atomic E-state index is -1.05. The molecule has 0 saturated carbocycles. The summed E-state index contributed by atoms with van der Waals surface area (Å²) >= 11 is 1.65. The average Bonchev–Trinajstić information content (AvgIpc) is 3.01. The molecule has 4 nitrogen and oxygen atoms in total. The van der Waals surface area contributed by atoms with E-state index in [2.05, 4.69) is 5.32 Å². The molecule has 0 aliphatic carbocycles. The fourth-order valence-corrected chi connectivity index (χ4v) is 3.24. The SMILES string of the molecule is O=C(NCCc1cccs1)C1CN(C(=O)c2ccc(F)c(F)c2)C1. The van der Waals surface area contributed by atoms with Gasteiger partial charge in [0, 0.05) is 30.1 Å². The summed E-state index contributed by atoms with van der Waals surface area (Å²) in [5.74, 6) is -2.76. The number of likely N-dealkylation sites (tertiary alicyclic amines) is 1. The molecule has 1 fully saturated rings. The van der Waals surface area contributed by atoms with Gasteiger partial charge in [0.2, 0.25) is 5.91 Å². The van der Waals surface area contributed by atoms with Gasteiger partial charge in [-0.2, -0.15) is 0 Å². The third-order valence-electron chi connectivity index (χ3n) is 3.96. The van der Waals surface area contributed by atoms with Crippen molar-refractivity contribution in [3.8, 4) is 0 Å². The molecule has 1 N–H and O–H groups in total. The smallest absolute Gasteiger partial charge is 0.254 e. The standard InChI is InChI=1S/C17H16F2N2O2S/c18-14-4-3-11(8-15(14)19)17(23)21-9-12(10-21)16(22)20-6-5-13-2-1-7-24-13/h1-4,7-8,12H,5-6,9-10H2,(H,20,22). The second-order valence-corrected chi connectivity index (χ2v) is 6.69. The first-order valence-electron chi connectivity index (χ1n) is 7.59. The maximum absolute atomic E-state index is 13.2. The van der Waals surface area contributed by atoms with E-state index in [0.717, 1.165) is 18.6 Å². The number of halogens is 2. The van der Waals surface area contributed by atoms with Crippen LogP contribution < -0.4 is 5.32 Å². The van der Waals surface area contributed by atoms with Crippen molar-refractivity contribution in [1.82, 2.24) is 10.2 Å². The Balaban J connectivity index is 1.45. The monoisotopic (exact) mass is 350 g/mol. The number of nitrogens with zero attached hydrogens (tertiary/aromatic N) is 1. The molecule has 1 aliphatic heterocycles. The quantitative estimate of drug-likeness (QED) is 0.901. The van der Waals surface area contributed by atoms with Gasteiger partial charge in [-0.05, 0) is 36.1 Å². The number of thiophene rings is 1. The molecule has 2 heterocycles. The number of hydrogen-bond donors (Lipinski definition) is 1. The molecule has 24 heavy (non-hydrogen) atoms. The normalized spacial score (nSPS) is 14.3. The Morgan fingerprint density at radius 2 is 2.00 bits per heavy atom. The van der Waals surface area contributed by atoms with E-state index in [-0.39, 0.29) is 17.4 Å². The van der Waals surface area contributed by atoms with Crippen molar-refractivity contribution in [3.63, 3.8) is 0 Å². The molecule has 0 bridgehead atoms. The van der Waals surface area contributed by atoms with Crippen molar-refractivity contribution in [2.45, 2.75) is 6.42 Å². The molecule has 126 valence electrons. The van der Waals surface area contributed by atoms with Crippen LogP contribution >= 0.6 is 11.3 Å². The zero-order chi connectivity index (χ0) is 17.1. The van der Waals surface area contributed by atoms with Crippen LogP contribution in [0.5, 0.6) is 0 Å². The molecule has 0 unspecified atom stereocenters. The van der Waals surface area contributed by atoms with Crippen molar-refractivity contribution in [1.29, 1.82) is 0 Å². The maximum atomic E-state index is 13.2. The maximum Gasteiger partial charge on any atom is 0.254 e. The highest BCUT2D eigenvalue weighted by atomic mass is 32.1. The predicted molar refractivity (Wildman–Crippen MR) is 86.8 cm³/mol. The number of benzene rings is 1. The zero-order valence-corrected chi connectivity index (χ0v) is 13.6. The Morgan fingerprint density at radius 1 is 1.21 bits per heavy atom. The van der Waals surface area contributed by atoms with E-state index >= 15 is 0 Å². The topological polar surface area (TPSA) is 49.4 Å². The summed E-state index contributed by atoms with van der Waals surface area (Å²) in [6.45, 7) is 1.15. The van der Waals surface area contributed by atoms with Gasteiger partial charge in [0.05, 0.1) is 5.92 Å². The molecule has 0 atom stereocenters. The summed E-state index contributed by atoms with van der Waals surface area (Å²) in [6.07, 6.45) is 0.785. The third kappa shape index (κ3) is 3.62. The number of rotatable bonds is 5. The van der Waals surface area contributed by atoms with Crippen molar-refractivity contribution in [2.24, 2.45) is 5.92 Å². The molecular weight excluding hydrogens is 334 g/mol. The summed E-state index contributed by atoms with van der Waals surface area (Å²) in [7, 11) is 0. The molecule has 3 rings (SSSR count). The fourth-order valence-electron chi connectivity index (χ4n) is 2.53. The predicted octanol–water partition coefficient (Wildman–Crippen LogP) is 2.46. The average molecular weight is 350 g/mol. The number of carbonyl (C=O) groups excluding carboxylic acids is 2. The zero-order valence-electron chi connectivity index (χ0n) is 12.8. The number of nitrogens with one attached hydrogen (secondary N) is 1. The van der Waals surface area contributed by atoms with E-state index in [0.29, 0.717) is 19.6 Å². The lowest BCUT2D eigenvalue weighted by Gasteiger charge is -2.38. The van der Waals surface area contributed by atoms with Crippen LogP contribution in [0.15, 0.2) is 35.7 Å². The second kappa shape index (κ2) is 7.09. The van der Waals surface area contributed by atoms with Gasteiger partial charge in [-0.15, -0.1) is 11.3 Å². The first-order chi connectivity index (χ1) is 11.5.